The van der Waals surface area contributed by atoms with E-state index in [2.05, 4.69) is 0 Å². The minimum atomic E-state index is -1.49. The van der Waals surface area contributed by atoms with Gasteiger partial charge in [-0.05, 0) is 11.6 Å². The number of benzene rings is 1. The van der Waals surface area contributed by atoms with E-state index in [0.717, 1.165) is 5.56 Å². The van der Waals surface area contributed by atoms with Gasteiger partial charge in [0.05, 0.1) is 33.0 Å². The Bertz CT molecular complexity index is 778. The average Bonchev–Trinajstić information content (AvgIpc) is 2.99. The second-order valence-electron chi connectivity index (χ2n) is 7.05. The van der Waals surface area contributed by atoms with Crippen LogP contribution in [-0.2, 0) is 28.5 Å². The highest BCUT2D eigenvalue weighted by Crippen LogP contribution is 2.49. The van der Waals surface area contributed by atoms with Crippen LogP contribution in [0.25, 0.3) is 5.57 Å². The molecule has 1 saturated heterocycles. The SMILES string of the molecule is COC(=O)C1=C(C(=O)OC)C2(OCC(C)(C)CO2)C(c2ccccc2)=C1. The summed E-state index contributed by atoms with van der Waals surface area (Å²) >= 11 is 0. The van der Waals surface area contributed by atoms with Crippen molar-refractivity contribution in [3.05, 3.63) is 53.1 Å². The van der Waals surface area contributed by atoms with Crippen molar-refractivity contribution in [2.45, 2.75) is 19.6 Å². The smallest absolute Gasteiger partial charge is 0.340 e. The molecule has 6 heteroatoms. The first kappa shape index (κ1) is 18.4. The Morgan fingerprint density at radius 3 is 2.08 bits per heavy atom. The number of esters is 2. The van der Waals surface area contributed by atoms with Gasteiger partial charge < -0.3 is 18.9 Å². The topological polar surface area (TPSA) is 71.1 Å². The minimum absolute atomic E-state index is 0.0150. The van der Waals surface area contributed by atoms with E-state index < -0.39 is 17.7 Å². The van der Waals surface area contributed by atoms with Crippen LogP contribution in [0.15, 0.2) is 47.6 Å². The Labute approximate surface area is 152 Å². The molecule has 0 aromatic heterocycles. The monoisotopic (exact) mass is 358 g/mol. The highest BCUT2D eigenvalue weighted by Gasteiger charge is 2.55. The van der Waals surface area contributed by atoms with Gasteiger partial charge in [0.25, 0.3) is 0 Å². The van der Waals surface area contributed by atoms with E-state index in [1.807, 2.05) is 44.2 Å². The molecule has 1 heterocycles. The lowest BCUT2D eigenvalue weighted by Crippen LogP contribution is -2.50. The molecule has 1 fully saturated rings. The van der Waals surface area contributed by atoms with E-state index in [1.165, 1.54) is 14.2 Å². The third-order valence-electron chi connectivity index (χ3n) is 4.45. The first-order valence-electron chi connectivity index (χ1n) is 8.31. The van der Waals surface area contributed by atoms with E-state index in [0.29, 0.717) is 18.8 Å². The van der Waals surface area contributed by atoms with Gasteiger partial charge >= 0.3 is 11.9 Å². The summed E-state index contributed by atoms with van der Waals surface area (Å²) in [5.74, 6) is -2.83. The standard InChI is InChI=1S/C20H22O6/c1-19(2)11-25-20(26-12-19)15(13-8-6-5-7-9-13)10-14(17(21)23-3)16(20)18(22)24-4/h5-10H,11-12H2,1-4H3. The summed E-state index contributed by atoms with van der Waals surface area (Å²) in [6, 6.07) is 9.35. The van der Waals surface area contributed by atoms with Crippen LogP contribution in [0, 0.1) is 5.41 Å². The van der Waals surface area contributed by atoms with Crippen LogP contribution in [-0.4, -0.2) is 45.2 Å². The molecule has 0 bridgehead atoms. The molecule has 0 N–H and O–H groups in total. The maximum atomic E-state index is 12.6. The van der Waals surface area contributed by atoms with Crippen molar-refractivity contribution in [1.82, 2.24) is 0 Å². The van der Waals surface area contributed by atoms with Crippen molar-refractivity contribution in [3.63, 3.8) is 0 Å². The van der Waals surface area contributed by atoms with Gasteiger partial charge in [-0.2, -0.15) is 0 Å². The van der Waals surface area contributed by atoms with Crippen LogP contribution >= 0.6 is 0 Å². The van der Waals surface area contributed by atoms with Gasteiger partial charge in [-0.3, -0.25) is 0 Å². The fourth-order valence-electron chi connectivity index (χ4n) is 3.11. The summed E-state index contributed by atoms with van der Waals surface area (Å²) in [6.07, 6.45) is 1.59. The molecule has 1 spiro atoms. The third-order valence-corrected chi connectivity index (χ3v) is 4.45. The van der Waals surface area contributed by atoms with Gasteiger partial charge in [-0.1, -0.05) is 44.2 Å². The molecule has 1 aliphatic carbocycles. The van der Waals surface area contributed by atoms with Gasteiger partial charge in [-0.25, -0.2) is 9.59 Å². The summed E-state index contributed by atoms with van der Waals surface area (Å²) in [4.78, 5) is 24.9. The highest BCUT2D eigenvalue weighted by molar-refractivity contribution is 6.10. The predicted molar refractivity (Wildman–Crippen MR) is 93.9 cm³/mol. The number of methoxy groups -OCH3 is 2. The third kappa shape index (κ3) is 2.95. The molecule has 0 amide bonds. The van der Waals surface area contributed by atoms with Gasteiger partial charge in [-0.15, -0.1) is 0 Å². The molecular formula is C20H22O6. The number of carbonyl (C=O) groups is 2. The van der Waals surface area contributed by atoms with Crippen LogP contribution in [0.3, 0.4) is 0 Å². The molecule has 2 aliphatic rings. The highest BCUT2D eigenvalue weighted by atomic mass is 16.7. The Hall–Kier alpha value is -2.44. The first-order valence-corrected chi connectivity index (χ1v) is 8.31. The minimum Gasteiger partial charge on any atom is -0.465 e. The summed E-state index contributed by atoms with van der Waals surface area (Å²) in [5.41, 5.74) is 1.24. The summed E-state index contributed by atoms with van der Waals surface area (Å²) in [5, 5.41) is 0. The maximum Gasteiger partial charge on any atom is 0.340 e. The number of carbonyl (C=O) groups excluding carboxylic acids is 2. The van der Waals surface area contributed by atoms with Crippen LogP contribution in [0.4, 0.5) is 0 Å². The van der Waals surface area contributed by atoms with E-state index in [9.17, 15) is 9.59 Å². The lowest BCUT2D eigenvalue weighted by molar-refractivity contribution is -0.245. The zero-order chi connectivity index (χ0) is 18.9. The predicted octanol–water partition coefficient (Wildman–Crippen LogP) is 2.50. The fraction of sp³-hybridized carbons (Fsp3) is 0.400. The number of hydrogen-bond acceptors (Lipinski definition) is 6. The average molecular weight is 358 g/mol. The van der Waals surface area contributed by atoms with Crippen molar-refractivity contribution < 1.29 is 28.5 Å². The second kappa shape index (κ2) is 6.70. The number of ether oxygens (including phenoxy) is 4. The Kier molecular flexibility index (Phi) is 4.73. The van der Waals surface area contributed by atoms with Crippen LogP contribution in [0.5, 0.6) is 0 Å². The van der Waals surface area contributed by atoms with Crippen molar-refractivity contribution in [1.29, 1.82) is 0 Å². The van der Waals surface area contributed by atoms with Gasteiger partial charge in [0.2, 0.25) is 5.79 Å². The molecule has 3 rings (SSSR count). The van der Waals surface area contributed by atoms with Crippen molar-refractivity contribution >= 4 is 17.5 Å². The Morgan fingerprint density at radius 2 is 1.54 bits per heavy atom. The number of hydrogen-bond donors (Lipinski definition) is 0. The van der Waals surface area contributed by atoms with Crippen molar-refractivity contribution in [2.24, 2.45) is 5.41 Å². The number of rotatable bonds is 3. The van der Waals surface area contributed by atoms with Crippen LogP contribution in [0.1, 0.15) is 19.4 Å². The van der Waals surface area contributed by atoms with Gasteiger partial charge in [0.1, 0.15) is 5.57 Å². The zero-order valence-corrected chi connectivity index (χ0v) is 15.3. The molecular weight excluding hydrogens is 336 g/mol. The van der Waals surface area contributed by atoms with Crippen LogP contribution in [0.2, 0.25) is 0 Å². The van der Waals surface area contributed by atoms with E-state index in [1.54, 1.807) is 6.08 Å². The molecule has 0 unspecified atom stereocenters. The molecule has 0 atom stereocenters. The molecule has 26 heavy (non-hydrogen) atoms. The molecule has 6 nitrogen and oxygen atoms in total. The second-order valence-corrected chi connectivity index (χ2v) is 7.05. The molecule has 138 valence electrons. The Morgan fingerprint density at radius 1 is 0.962 bits per heavy atom. The quantitative estimate of drug-likeness (QED) is 0.773. The summed E-state index contributed by atoms with van der Waals surface area (Å²) < 4.78 is 22.0. The maximum absolute atomic E-state index is 12.6. The molecule has 1 aromatic carbocycles. The lowest BCUT2D eigenvalue weighted by atomic mass is 9.90. The normalized spacial score (nSPS) is 20.7. The molecule has 1 aromatic rings. The summed E-state index contributed by atoms with van der Waals surface area (Å²) in [7, 11) is 2.52. The van der Waals surface area contributed by atoms with Gasteiger partial charge in [0, 0.05) is 11.0 Å². The molecule has 1 aliphatic heterocycles. The van der Waals surface area contributed by atoms with E-state index >= 15 is 0 Å². The van der Waals surface area contributed by atoms with E-state index in [-0.39, 0.29) is 16.6 Å². The Balaban J connectivity index is 2.19. The largest absolute Gasteiger partial charge is 0.465 e. The molecule has 0 radical (unpaired) electrons. The molecule has 0 saturated carbocycles. The van der Waals surface area contributed by atoms with E-state index in [4.69, 9.17) is 18.9 Å². The van der Waals surface area contributed by atoms with Crippen LogP contribution < -0.4 is 0 Å². The van der Waals surface area contributed by atoms with Crippen molar-refractivity contribution in [3.8, 4) is 0 Å². The zero-order valence-electron chi connectivity index (χ0n) is 15.3. The van der Waals surface area contributed by atoms with Gasteiger partial charge in [0.15, 0.2) is 0 Å². The lowest BCUT2D eigenvalue weighted by Gasteiger charge is -2.43. The summed E-state index contributed by atoms with van der Waals surface area (Å²) in [6.45, 7) is 4.71. The van der Waals surface area contributed by atoms with Crippen molar-refractivity contribution in [2.75, 3.05) is 27.4 Å². The first-order chi connectivity index (χ1) is 12.3. The fourth-order valence-corrected chi connectivity index (χ4v) is 3.11.